The lowest BCUT2D eigenvalue weighted by Gasteiger charge is -2.34. The number of nitrogens with zero attached hydrogens (tertiary/aromatic N) is 3. The number of carbonyl (C=O) groups is 1. The Bertz CT molecular complexity index is 576. The minimum atomic E-state index is 0.00564. The maximum absolute atomic E-state index is 12.5. The molecule has 2 aliphatic heterocycles. The van der Waals surface area contributed by atoms with Crippen LogP contribution < -0.4 is 10.2 Å². The van der Waals surface area contributed by atoms with Crippen LogP contribution in [0.15, 0.2) is 24.3 Å². The molecule has 1 aromatic rings. The van der Waals surface area contributed by atoms with Crippen LogP contribution in [-0.2, 0) is 4.74 Å². The second-order valence-electron chi connectivity index (χ2n) is 7.82. The predicted molar refractivity (Wildman–Crippen MR) is 111 cm³/mol. The molecule has 2 fully saturated rings. The Hall–Kier alpha value is -1.79. The number of ether oxygens (including phenoxy) is 1. The summed E-state index contributed by atoms with van der Waals surface area (Å²) in [5.74, 6) is 0.834. The first kappa shape index (κ1) is 20.0. The standard InChI is InChI=1S/C21H34N4O2/c1-18-8-11-24(12-9-18)20-6-4-19(5-7-20)22-21(26)25-15-13-23(14-16-25)10-3-17-27-2/h4-7,18H,3,8-17H2,1-2H3,(H,22,26). The summed E-state index contributed by atoms with van der Waals surface area (Å²) in [6.45, 7) is 9.85. The van der Waals surface area contributed by atoms with Gasteiger partial charge in [-0.1, -0.05) is 6.92 Å². The highest BCUT2D eigenvalue weighted by Crippen LogP contribution is 2.24. The van der Waals surface area contributed by atoms with Crippen LogP contribution in [0.3, 0.4) is 0 Å². The maximum atomic E-state index is 12.5. The lowest BCUT2D eigenvalue weighted by molar-refractivity contribution is 0.130. The van der Waals surface area contributed by atoms with Crippen LogP contribution in [0, 0.1) is 5.92 Å². The van der Waals surface area contributed by atoms with E-state index in [-0.39, 0.29) is 6.03 Å². The minimum absolute atomic E-state index is 0.00564. The zero-order chi connectivity index (χ0) is 19.1. The summed E-state index contributed by atoms with van der Waals surface area (Å²) in [4.78, 5) is 19.3. The van der Waals surface area contributed by atoms with E-state index in [1.165, 1.54) is 18.5 Å². The molecule has 0 unspecified atom stereocenters. The van der Waals surface area contributed by atoms with Gasteiger partial charge in [0.1, 0.15) is 0 Å². The summed E-state index contributed by atoms with van der Waals surface area (Å²) in [5, 5.41) is 3.05. The molecule has 2 heterocycles. The Balaban J connectivity index is 1.43. The molecule has 1 N–H and O–H groups in total. The fourth-order valence-electron chi connectivity index (χ4n) is 3.83. The smallest absolute Gasteiger partial charge is 0.321 e. The Morgan fingerprint density at radius 1 is 1.07 bits per heavy atom. The van der Waals surface area contributed by atoms with Gasteiger partial charge in [0.2, 0.25) is 0 Å². The van der Waals surface area contributed by atoms with Crippen molar-refractivity contribution in [3.63, 3.8) is 0 Å². The van der Waals surface area contributed by atoms with Crippen molar-refractivity contribution in [2.75, 3.05) is 69.7 Å². The Morgan fingerprint density at radius 2 is 1.74 bits per heavy atom. The van der Waals surface area contributed by atoms with Gasteiger partial charge in [-0.05, 0) is 49.4 Å². The van der Waals surface area contributed by atoms with Gasteiger partial charge < -0.3 is 19.9 Å². The molecule has 0 radical (unpaired) electrons. The molecule has 2 amide bonds. The first-order valence-corrected chi connectivity index (χ1v) is 10.3. The maximum Gasteiger partial charge on any atom is 0.321 e. The molecule has 6 nitrogen and oxygen atoms in total. The number of hydrogen-bond donors (Lipinski definition) is 1. The lowest BCUT2D eigenvalue weighted by Crippen LogP contribution is -2.50. The molecule has 150 valence electrons. The molecule has 1 aromatic carbocycles. The summed E-state index contributed by atoms with van der Waals surface area (Å²) in [6, 6.07) is 8.29. The van der Waals surface area contributed by atoms with Crippen molar-refractivity contribution in [1.82, 2.24) is 9.80 Å². The SMILES string of the molecule is COCCCN1CCN(C(=O)Nc2ccc(N3CCC(C)CC3)cc2)CC1. The molecule has 0 atom stereocenters. The number of carbonyl (C=O) groups excluding carboxylic acids is 1. The van der Waals surface area contributed by atoms with E-state index in [0.717, 1.165) is 70.4 Å². The van der Waals surface area contributed by atoms with E-state index in [2.05, 4.69) is 34.2 Å². The third-order valence-electron chi connectivity index (χ3n) is 5.75. The number of piperidine rings is 1. The summed E-state index contributed by atoms with van der Waals surface area (Å²) < 4.78 is 5.11. The first-order chi connectivity index (χ1) is 13.2. The van der Waals surface area contributed by atoms with Crippen LogP contribution >= 0.6 is 0 Å². The largest absolute Gasteiger partial charge is 0.385 e. The highest BCUT2D eigenvalue weighted by Gasteiger charge is 2.21. The van der Waals surface area contributed by atoms with Crippen molar-refractivity contribution in [3.8, 4) is 0 Å². The second-order valence-corrected chi connectivity index (χ2v) is 7.82. The third-order valence-corrected chi connectivity index (χ3v) is 5.75. The number of nitrogens with one attached hydrogen (secondary N) is 1. The van der Waals surface area contributed by atoms with Gasteiger partial charge in [0.05, 0.1) is 0 Å². The number of piperazine rings is 1. The number of rotatable bonds is 6. The van der Waals surface area contributed by atoms with Gasteiger partial charge in [0, 0.05) is 70.9 Å². The molecular formula is C21H34N4O2. The van der Waals surface area contributed by atoms with E-state index in [1.807, 2.05) is 17.0 Å². The van der Waals surface area contributed by atoms with E-state index in [9.17, 15) is 4.79 Å². The highest BCUT2D eigenvalue weighted by atomic mass is 16.5. The van der Waals surface area contributed by atoms with Crippen molar-refractivity contribution in [2.45, 2.75) is 26.2 Å². The molecule has 3 rings (SSSR count). The zero-order valence-electron chi connectivity index (χ0n) is 16.8. The second kappa shape index (κ2) is 9.95. The molecular weight excluding hydrogens is 340 g/mol. The van der Waals surface area contributed by atoms with Crippen molar-refractivity contribution in [2.24, 2.45) is 5.92 Å². The Kier molecular flexibility index (Phi) is 7.35. The van der Waals surface area contributed by atoms with Gasteiger partial charge in [-0.3, -0.25) is 4.90 Å². The van der Waals surface area contributed by atoms with E-state index in [1.54, 1.807) is 7.11 Å². The van der Waals surface area contributed by atoms with E-state index < -0.39 is 0 Å². The first-order valence-electron chi connectivity index (χ1n) is 10.3. The van der Waals surface area contributed by atoms with E-state index >= 15 is 0 Å². The van der Waals surface area contributed by atoms with Crippen LogP contribution in [0.25, 0.3) is 0 Å². The minimum Gasteiger partial charge on any atom is -0.385 e. The number of urea groups is 1. The molecule has 0 aromatic heterocycles. The normalized spacial score (nSPS) is 19.3. The van der Waals surface area contributed by atoms with Gasteiger partial charge in [-0.15, -0.1) is 0 Å². The number of hydrogen-bond acceptors (Lipinski definition) is 4. The fraction of sp³-hybridized carbons (Fsp3) is 0.667. The van der Waals surface area contributed by atoms with Crippen LogP contribution in [0.4, 0.5) is 16.2 Å². The average molecular weight is 375 g/mol. The molecule has 0 aliphatic carbocycles. The number of benzene rings is 1. The van der Waals surface area contributed by atoms with E-state index in [4.69, 9.17) is 4.74 Å². The molecule has 2 saturated heterocycles. The third kappa shape index (κ3) is 5.84. The predicted octanol–water partition coefficient (Wildman–Crippen LogP) is 3.11. The molecule has 27 heavy (non-hydrogen) atoms. The van der Waals surface area contributed by atoms with Gasteiger partial charge >= 0.3 is 6.03 Å². The zero-order valence-corrected chi connectivity index (χ0v) is 16.8. The van der Waals surface area contributed by atoms with Crippen LogP contribution in [0.1, 0.15) is 26.2 Å². The van der Waals surface area contributed by atoms with Crippen molar-refractivity contribution in [1.29, 1.82) is 0 Å². The molecule has 2 aliphatic rings. The van der Waals surface area contributed by atoms with Gasteiger partial charge in [-0.2, -0.15) is 0 Å². The number of methoxy groups -OCH3 is 1. The summed E-state index contributed by atoms with van der Waals surface area (Å²) in [5.41, 5.74) is 2.13. The Morgan fingerprint density at radius 3 is 2.37 bits per heavy atom. The van der Waals surface area contributed by atoms with E-state index in [0.29, 0.717) is 0 Å². The van der Waals surface area contributed by atoms with Gasteiger partial charge in [-0.25, -0.2) is 4.79 Å². The molecule has 0 saturated carbocycles. The van der Waals surface area contributed by atoms with Crippen molar-refractivity contribution >= 4 is 17.4 Å². The Labute approximate surface area is 163 Å². The van der Waals surface area contributed by atoms with Crippen molar-refractivity contribution in [3.05, 3.63) is 24.3 Å². The van der Waals surface area contributed by atoms with Crippen LogP contribution in [-0.4, -0.2) is 75.4 Å². The molecule has 0 bridgehead atoms. The van der Waals surface area contributed by atoms with Gasteiger partial charge in [0.25, 0.3) is 0 Å². The van der Waals surface area contributed by atoms with Crippen LogP contribution in [0.5, 0.6) is 0 Å². The quantitative estimate of drug-likeness (QED) is 0.778. The summed E-state index contributed by atoms with van der Waals surface area (Å²) in [6.07, 6.45) is 3.57. The summed E-state index contributed by atoms with van der Waals surface area (Å²) >= 11 is 0. The van der Waals surface area contributed by atoms with Crippen LogP contribution in [0.2, 0.25) is 0 Å². The highest BCUT2D eigenvalue weighted by molar-refractivity contribution is 5.89. The topological polar surface area (TPSA) is 48.1 Å². The lowest BCUT2D eigenvalue weighted by atomic mass is 9.99. The van der Waals surface area contributed by atoms with Gasteiger partial charge in [0.15, 0.2) is 0 Å². The number of amides is 2. The summed E-state index contributed by atoms with van der Waals surface area (Å²) in [7, 11) is 1.74. The average Bonchev–Trinajstić information content (AvgIpc) is 2.70. The van der Waals surface area contributed by atoms with Crippen molar-refractivity contribution < 1.29 is 9.53 Å². The monoisotopic (exact) mass is 374 g/mol. The molecule has 0 spiro atoms. The number of anilines is 2. The fourth-order valence-corrected chi connectivity index (χ4v) is 3.83. The molecule has 6 heteroatoms.